The summed E-state index contributed by atoms with van der Waals surface area (Å²) in [7, 11) is 0. The molecule has 0 aliphatic carbocycles. The maximum absolute atomic E-state index is 7.17. The molecule has 2 aromatic heterocycles. The molecule has 16 heavy (non-hydrogen) atoms. The Morgan fingerprint density at radius 3 is 1.94 bits per heavy atom. The lowest BCUT2D eigenvalue weighted by Crippen LogP contribution is -1.81. The van der Waals surface area contributed by atoms with Crippen LogP contribution in [0.2, 0.25) is 0 Å². The summed E-state index contributed by atoms with van der Waals surface area (Å²) in [6, 6.07) is 0. The third-order valence-corrected chi connectivity index (χ3v) is 3.84. The minimum absolute atomic E-state index is 0.392. The molecule has 0 aliphatic heterocycles. The van der Waals surface area contributed by atoms with E-state index in [2.05, 4.69) is 37.7 Å². The van der Waals surface area contributed by atoms with Crippen LogP contribution in [0.5, 0.6) is 0 Å². The smallest absolute Gasteiger partial charge is 0.0950 e. The lowest BCUT2D eigenvalue weighted by atomic mass is 10.2. The molecule has 0 N–H and O–H groups in total. The Morgan fingerprint density at radius 2 is 1.69 bits per heavy atom. The molecule has 0 atom stereocenters. The molecule has 0 unspecified atom stereocenters. The molecule has 0 saturated heterocycles. The molecule has 4 heteroatoms. The SMILES string of the molecule is [3H]c1cnc(C(C)C)s1.[3H]c1csc(C(C)C)n1. The Bertz CT molecular complexity index is 434. The molecule has 2 nitrogen and oxygen atoms in total. The summed E-state index contributed by atoms with van der Waals surface area (Å²) >= 11 is 3.01. The lowest BCUT2D eigenvalue weighted by molar-refractivity contribution is 0.852. The molecule has 2 rings (SSSR count). The molecule has 2 aromatic rings. The minimum atomic E-state index is 0.392. The van der Waals surface area contributed by atoms with Crippen LogP contribution in [0.25, 0.3) is 0 Å². The number of aromatic nitrogens is 2. The van der Waals surface area contributed by atoms with Crippen LogP contribution in [-0.4, -0.2) is 9.97 Å². The van der Waals surface area contributed by atoms with E-state index in [0.29, 0.717) is 23.4 Å². The van der Waals surface area contributed by atoms with Gasteiger partial charge in [0.1, 0.15) is 0 Å². The first-order valence-electron chi connectivity index (χ1n) is 6.24. The molecular weight excluding hydrogens is 236 g/mol. The van der Waals surface area contributed by atoms with Crippen LogP contribution in [0.4, 0.5) is 0 Å². The van der Waals surface area contributed by atoms with Gasteiger partial charge in [-0.3, -0.25) is 0 Å². The largest absolute Gasteiger partial charge is 0.249 e. The average molecular weight is 258 g/mol. The van der Waals surface area contributed by atoms with Gasteiger partial charge in [0.25, 0.3) is 0 Å². The Balaban J connectivity index is 0.000000180. The van der Waals surface area contributed by atoms with Gasteiger partial charge < -0.3 is 0 Å². The molecule has 0 aromatic carbocycles. The molecule has 88 valence electrons. The van der Waals surface area contributed by atoms with E-state index >= 15 is 0 Å². The van der Waals surface area contributed by atoms with Crippen LogP contribution < -0.4 is 0 Å². The van der Waals surface area contributed by atoms with Crippen LogP contribution >= 0.6 is 22.7 Å². The summed E-state index contributed by atoms with van der Waals surface area (Å²) in [6.45, 7) is 8.33. The summed E-state index contributed by atoms with van der Waals surface area (Å²) in [5.74, 6) is 0.934. The topological polar surface area (TPSA) is 25.8 Å². The Hall–Kier alpha value is -0.740. The van der Waals surface area contributed by atoms with Crippen molar-refractivity contribution >= 4 is 22.7 Å². The third-order valence-electron chi connectivity index (χ3n) is 1.80. The molecular formula is C12H18N2S2. The summed E-state index contributed by atoms with van der Waals surface area (Å²) in [6.07, 6.45) is 1.99. The second-order valence-corrected chi connectivity index (χ2v) is 5.69. The van der Waals surface area contributed by atoms with Crippen molar-refractivity contribution in [3.63, 3.8) is 0 Å². The second-order valence-electron chi connectivity index (χ2n) is 3.94. The van der Waals surface area contributed by atoms with Crippen molar-refractivity contribution in [3.8, 4) is 0 Å². The van der Waals surface area contributed by atoms with Crippen molar-refractivity contribution in [2.75, 3.05) is 0 Å². The van der Waals surface area contributed by atoms with E-state index in [1.165, 1.54) is 11.3 Å². The van der Waals surface area contributed by atoms with Crippen molar-refractivity contribution in [1.29, 1.82) is 0 Å². The van der Waals surface area contributed by atoms with E-state index in [0.717, 1.165) is 10.0 Å². The van der Waals surface area contributed by atoms with E-state index in [1.807, 2.05) is 0 Å². The van der Waals surface area contributed by atoms with E-state index in [1.54, 1.807) is 22.9 Å². The predicted octanol–water partition coefficient (Wildman–Crippen LogP) is 4.53. The fourth-order valence-corrected chi connectivity index (χ4v) is 2.11. The molecule has 0 radical (unpaired) electrons. The highest BCUT2D eigenvalue weighted by molar-refractivity contribution is 7.09. The van der Waals surface area contributed by atoms with E-state index in [-0.39, 0.29) is 0 Å². The molecule has 0 aliphatic rings. The number of thiazole rings is 2. The third kappa shape index (κ3) is 4.41. The minimum Gasteiger partial charge on any atom is -0.249 e. The molecule has 0 fully saturated rings. The van der Waals surface area contributed by atoms with Crippen LogP contribution in [0.3, 0.4) is 0 Å². The van der Waals surface area contributed by atoms with Crippen LogP contribution in [0, 0.1) is 0 Å². The van der Waals surface area contributed by atoms with Gasteiger partial charge in [-0.05, 0) is 0 Å². The predicted molar refractivity (Wildman–Crippen MR) is 72.4 cm³/mol. The standard InChI is InChI=1S/2C6H9NS/c2*1-5(2)6-7-3-4-8-6/h2*3-5H,1-2H3/i4T;3T. The monoisotopic (exact) mass is 258 g/mol. The number of nitrogens with zero attached hydrogens (tertiary/aromatic N) is 2. The van der Waals surface area contributed by atoms with Gasteiger partial charge in [-0.1, -0.05) is 27.7 Å². The van der Waals surface area contributed by atoms with Crippen LogP contribution in [0.15, 0.2) is 23.1 Å². The molecule has 0 spiro atoms. The highest BCUT2D eigenvalue weighted by Gasteiger charge is 1.98. The summed E-state index contributed by atoms with van der Waals surface area (Å²) in [5, 5.41) is 4.42. The fourth-order valence-electron chi connectivity index (χ4n) is 0.938. The lowest BCUT2D eigenvalue weighted by Gasteiger charge is -1.93. The maximum atomic E-state index is 7.17. The van der Waals surface area contributed by atoms with Crippen LogP contribution in [-0.2, 0) is 0 Å². The van der Waals surface area contributed by atoms with Gasteiger partial charge in [-0.15, -0.1) is 22.7 Å². The first kappa shape index (κ1) is 10.4. The first-order chi connectivity index (χ1) is 8.40. The zero-order valence-corrected chi connectivity index (χ0v) is 11.7. The molecule has 0 amide bonds. The Morgan fingerprint density at radius 1 is 1.06 bits per heavy atom. The summed E-state index contributed by atoms with van der Waals surface area (Å²) < 4.78 is 14.3. The molecule has 0 bridgehead atoms. The Labute approximate surface area is 108 Å². The van der Waals surface area contributed by atoms with Gasteiger partial charge in [-0.25, -0.2) is 9.97 Å². The summed E-state index contributed by atoms with van der Waals surface area (Å²) in [4.78, 5) is 8.04. The van der Waals surface area contributed by atoms with Crippen molar-refractivity contribution in [2.45, 2.75) is 39.5 Å². The normalized spacial score (nSPS) is 12.1. The molecule has 0 saturated carbocycles. The second kappa shape index (κ2) is 6.76. The summed E-state index contributed by atoms with van der Waals surface area (Å²) in [5.41, 5.74) is 0. The van der Waals surface area contributed by atoms with Gasteiger partial charge >= 0.3 is 0 Å². The van der Waals surface area contributed by atoms with Crippen molar-refractivity contribution in [2.24, 2.45) is 0 Å². The fraction of sp³-hybridized carbons (Fsp3) is 0.500. The van der Waals surface area contributed by atoms with E-state index in [4.69, 9.17) is 2.74 Å². The van der Waals surface area contributed by atoms with Gasteiger partial charge in [0, 0.05) is 34.9 Å². The van der Waals surface area contributed by atoms with Gasteiger partial charge in [0.2, 0.25) is 0 Å². The maximum Gasteiger partial charge on any atom is 0.0950 e. The Kier molecular flexibility index (Phi) is 4.40. The van der Waals surface area contributed by atoms with Crippen molar-refractivity contribution < 1.29 is 2.74 Å². The van der Waals surface area contributed by atoms with E-state index in [9.17, 15) is 0 Å². The number of hydrogen-bond acceptors (Lipinski definition) is 4. The van der Waals surface area contributed by atoms with Crippen molar-refractivity contribution in [3.05, 3.63) is 33.1 Å². The van der Waals surface area contributed by atoms with Gasteiger partial charge in [-0.2, -0.15) is 0 Å². The van der Waals surface area contributed by atoms with Crippen molar-refractivity contribution in [1.82, 2.24) is 9.97 Å². The highest BCUT2D eigenvalue weighted by Crippen LogP contribution is 2.15. The highest BCUT2D eigenvalue weighted by atomic mass is 32.1. The number of hydrogen-bond donors (Lipinski definition) is 0. The zero-order valence-electron chi connectivity index (χ0n) is 12.0. The van der Waals surface area contributed by atoms with E-state index < -0.39 is 0 Å². The first-order valence-corrected chi connectivity index (χ1v) is 6.94. The van der Waals surface area contributed by atoms with Gasteiger partial charge in [0.15, 0.2) is 0 Å². The quantitative estimate of drug-likeness (QED) is 0.790. The number of rotatable bonds is 2. The molecule has 2 heterocycles. The van der Waals surface area contributed by atoms with Crippen LogP contribution in [0.1, 0.15) is 52.3 Å². The van der Waals surface area contributed by atoms with Gasteiger partial charge in [0.05, 0.1) is 12.8 Å². The average Bonchev–Trinajstić information content (AvgIpc) is 2.88. The zero-order chi connectivity index (χ0) is 13.7.